The monoisotopic (exact) mass is 559 g/mol. The molecule has 39 heavy (non-hydrogen) atoms. The molecule has 202 valence electrons. The minimum Gasteiger partial charge on any atom is -0.463 e. The first-order valence-electron chi connectivity index (χ1n) is 11.8. The number of rotatable bonds is 6. The summed E-state index contributed by atoms with van der Waals surface area (Å²) in [6, 6.07) is 3.80. The van der Waals surface area contributed by atoms with E-state index in [1.807, 2.05) is 0 Å². The molecule has 0 radical (unpaired) electrons. The number of aliphatic imine (C=N–C) groups is 1. The van der Waals surface area contributed by atoms with Gasteiger partial charge in [-0.25, -0.2) is 37.5 Å². The van der Waals surface area contributed by atoms with Crippen LogP contribution >= 0.6 is 11.8 Å². The summed E-state index contributed by atoms with van der Waals surface area (Å²) >= 11 is 0.773. The number of aromatic nitrogens is 4. The van der Waals surface area contributed by atoms with Crippen molar-refractivity contribution in [3.8, 4) is 17.1 Å². The fourth-order valence-corrected chi connectivity index (χ4v) is 6.44. The smallest absolute Gasteiger partial charge is 0.253 e. The van der Waals surface area contributed by atoms with Gasteiger partial charge in [-0.15, -0.1) is 0 Å². The lowest BCUT2D eigenvalue weighted by atomic mass is 9.84. The zero-order valence-corrected chi connectivity index (χ0v) is 21.3. The summed E-state index contributed by atoms with van der Waals surface area (Å²) in [4.78, 5) is 21.5. The van der Waals surface area contributed by atoms with Crippen LogP contribution < -0.4 is 16.2 Å². The SMILES string of the molecule is C[C@H](Oc1nc2ccnc(N)c2nc1-c1cc(F)c(F)c([C@@]2(C)N=C(N)S[C@@]3(C(F)F)C[C@@H]23)c1)c1ncco1. The highest BCUT2D eigenvalue weighted by molar-refractivity contribution is 8.15. The van der Waals surface area contributed by atoms with Crippen LogP contribution in [0, 0.1) is 17.6 Å². The van der Waals surface area contributed by atoms with Gasteiger partial charge in [-0.3, -0.25) is 4.99 Å². The van der Waals surface area contributed by atoms with E-state index < -0.39 is 40.4 Å². The minimum absolute atomic E-state index is 0.0161. The summed E-state index contributed by atoms with van der Waals surface area (Å²) in [5.41, 5.74) is 10.8. The van der Waals surface area contributed by atoms with Crippen LogP contribution in [-0.4, -0.2) is 36.3 Å². The van der Waals surface area contributed by atoms with E-state index in [0.29, 0.717) is 5.52 Å². The maximum absolute atomic E-state index is 15.4. The van der Waals surface area contributed by atoms with E-state index >= 15 is 8.78 Å². The average Bonchev–Trinajstić information content (AvgIpc) is 3.39. The Morgan fingerprint density at radius 2 is 1.95 bits per heavy atom. The van der Waals surface area contributed by atoms with Crippen molar-refractivity contribution in [3.63, 3.8) is 0 Å². The predicted molar refractivity (Wildman–Crippen MR) is 136 cm³/mol. The van der Waals surface area contributed by atoms with Gasteiger partial charge in [0.1, 0.15) is 17.5 Å². The lowest BCUT2D eigenvalue weighted by Gasteiger charge is -2.34. The number of halogens is 4. The number of amidine groups is 1. The van der Waals surface area contributed by atoms with Gasteiger partial charge in [0.15, 0.2) is 28.7 Å². The summed E-state index contributed by atoms with van der Waals surface area (Å²) in [6.07, 6.45) is 0.853. The van der Waals surface area contributed by atoms with Crippen molar-refractivity contribution >= 4 is 33.8 Å². The van der Waals surface area contributed by atoms with Crippen LogP contribution in [0.1, 0.15) is 37.8 Å². The summed E-state index contributed by atoms with van der Waals surface area (Å²) in [5.74, 6) is -2.95. The molecule has 0 amide bonds. The Balaban J connectivity index is 1.53. The van der Waals surface area contributed by atoms with E-state index in [0.717, 1.165) is 17.8 Å². The van der Waals surface area contributed by atoms with Crippen LogP contribution in [0.25, 0.3) is 22.3 Å². The highest BCUT2D eigenvalue weighted by Crippen LogP contribution is 2.68. The lowest BCUT2D eigenvalue weighted by Crippen LogP contribution is -2.39. The zero-order valence-electron chi connectivity index (χ0n) is 20.5. The minimum atomic E-state index is -2.73. The van der Waals surface area contributed by atoms with E-state index in [-0.39, 0.29) is 51.5 Å². The molecule has 1 fully saturated rings. The van der Waals surface area contributed by atoms with Gasteiger partial charge in [0, 0.05) is 23.2 Å². The van der Waals surface area contributed by atoms with Gasteiger partial charge in [-0.05, 0) is 38.5 Å². The first kappa shape index (κ1) is 25.3. The molecule has 3 aromatic heterocycles. The number of nitrogen functional groups attached to an aromatic ring is 1. The molecule has 0 bridgehead atoms. The third-order valence-corrected chi connectivity index (χ3v) is 8.46. The normalized spacial score (nSPS) is 24.9. The van der Waals surface area contributed by atoms with Crippen LogP contribution in [0.4, 0.5) is 23.4 Å². The standard InChI is InChI=1S/C25H21F4N7O2S/c1-10(20-33-5-6-37-20)38-21-17(35-18-14(34-21)3-4-32-19(18)30)11-7-12(16(27)13(26)8-11)24(2)15-9-25(15,22(28)29)39-23(31)36-24/h3-8,10,15,22H,9H2,1-2H3,(H2,30,32)(H2,31,36)/t10-,15-,24+,25-/m0/s1. The number of thioether (sulfide) groups is 1. The largest absolute Gasteiger partial charge is 0.463 e. The summed E-state index contributed by atoms with van der Waals surface area (Å²) in [6.45, 7) is 3.14. The molecule has 0 saturated heterocycles. The molecule has 6 rings (SSSR count). The lowest BCUT2D eigenvalue weighted by molar-refractivity contribution is 0.123. The molecule has 1 saturated carbocycles. The molecule has 14 heteroatoms. The number of hydrogen-bond donors (Lipinski definition) is 2. The van der Waals surface area contributed by atoms with Crippen molar-refractivity contribution in [3.05, 3.63) is 59.9 Å². The Labute approximate surface area is 223 Å². The second kappa shape index (κ2) is 8.79. The van der Waals surface area contributed by atoms with Crippen LogP contribution in [0.3, 0.4) is 0 Å². The molecule has 4 heterocycles. The third kappa shape index (κ3) is 3.96. The Kier molecular flexibility index (Phi) is 5.72. The number of fused-ring (bicyclic) bond motifs is 2. The van der Waals surface area contributed by atoms with Gasteiger partial charge in [-0.1, -0.05) is 11.8 Å². The number of nitrogens with zero attached hydrogens (tertiary/aromatic N) is 5. The zero-order chi connectivity index (χ0) is 27.7. The first-order valence-corrected chi connectivity index (χ1v) is 12.7. The number of nitrogens with two attached hydrogens (primary N) is 2. The molecule has 0 spiro atoms. The van der Waals surface area contributed by atoms with Crippen LogP contribution in [0.15, 0.2) is 46.3 Å². The van der Waals surface area contributed by atoms with Crippen molar-refractivity contribution in [1.82, 2.24) is 19.9 Å². The first-order chi connectivity index (χ1) is 18.5. The molecule has 2 aliphatic rings. The molecule has 4 N–H and O–H groups in total. The van der Waals surface area contributed by atoms with E-state index in [1.54, 1.807) is 13.0 Å². The van der Waals surface area contributed by atoms with Gasteiger partial charge < -0.3 is 20.6 Å². The Bertz CT molecular complexity index is 1640. The fraction of sp³-hybridized carbons (Fsp3) is 0.320. The maximum Gasteiger partial charge on any atom is 0.253 e. The second-order valence-corrected chi connectivity index (χ2v) is 11.0. The van der Waals surface area contributed by atoms with Crippen molar-refractivity contribution in [2.24, 2.45) is 16.6 Å². The molecular formula is C25H21F4N7O2S. The Morgan fingerprint density at radius 3 is 2.67 bits per heavy atom. The number of ether oxygens (including phenoxy) is 1. The summed E-state index contributed by atoms with van der Waals surface area (Å²) in [5, 5.41) is -0.120. The van der Waals surface area contributed by atoms with Crippen molar-refractivity contribution in [2.45, 2.75) is 43.1 Å². The quantitative estimate of drug-likeness (QED) is 0.313. The Morgan fingerprint density at radius 1 is 1.15 bits per heavy atom. The van der Waals surface area contributed by atoms with E-state index in [9.17, 15) is 8.78 Å². The molecule has 1 aliphatic heterocycles. The molecule has 1 aromatic carbocycles. The van der Waals surface area contributed by atoms with Crippen LogP contribution in [0.5, 0.6) is 5.88 Å². The van der Waals surface area contributed by atoms with Crippen molar-refractivity contribution < 1.29 is 26.7 Å². The van der Waals surface area contributed by atoms with E-state index in [4.69, 9.17) is 20.6 Å². The number of hydrogen-bond acceptors (Lipinski definition) is 10. The van der Waals surface area contributed by atoms with Crippen molar-refractivity contribution in [1.29, 1.82) is 0 Å². The highest BCUT2D eigenvalue weighted by Gasteiger charge is 2.71. The van der Waals surface area contributed by atoms with Crippen LogP contribution in [0.2, 0.25) is 0 Å². The fourth-order valence-electron chi connectivity index (χ4n) is 5.11. The average molecular weight is 560 g/mol. The number of pyridine rings is 1. The van der Waals surface area contributed by atoms with E-state index in [2.05, 4.69) is 24.9 Å². The summed E-state index contributed by atoms with van der Waals surface area (Å²) < 4.78 is 68.4. The van der Waals surface area contributed by atoms with Crippen LogP contribution in [-0.2, 0) is 5.54 Å². The van der Waals surface area contributed by atoms with Gasteiger partial charge in [0.25, 0.3) is 6.43 Å². The molecular weight excluding hydrogens is 538 g/mol. The Hall–Kier alpha value is -3.94. The molecule has 1 aliphatic carbocycles. The second-order valence-electron chi connectivity index (χ2n) is 9.60. The molecule has 4 aromatic rings. The highest BCUT2D eigenvalue weighted by atomic mass is 32.2. The topological polar surface area (TPSA) is 138 Å². The van der Waals surface area contributed by atoms with Gasteiger partial charge in [0.2, 0.25) is 11.8 Å². The molecule has 0 unspecified atom stereocenters. The predicted octanol–water partition coefficient (Wildman–Crippen LogP) is 4.98. The molecule has 9 nitrogen and oxygen atoms in total. The maximum atomic E-state index is 15.4. The third-order valence-electron chi connectivity index (χ3n) is 7.15. The van der Waals surface area contributed by atoms with Crippen molar-refractivity contribution in [2.75, 3.05) is 5.73 Å². The molecule has 4 atom stereocenters. The van der Waals surface area contributed by atoms with Gasteiger partial charge in [0.05, 0.1) is 22.0 Å². The number of anilines is 1. The van der Waals surface area contributed by atoms with E-state index in [1.165, 1.54) is 31.6 Å². The van der Waals surface area contributed by atoms with Gasteiger partial charge >= 0.3 is 0 Å². The summed E-state index contributed by atoms with van der Waals surface area (Å²) in [7, 11) is 0. The number of alkyl halides is 2. The number of benzene rings is 1. The number of oxazole rings is 1. The van der Waals surface area contributed by atoms with Gasteiger partial charge in [-0.2, -0.15) is 0 Å².